The minimum Gasteiger partial charge on any atom is -0.359 e. The van der Waals surface area contributed by atoms with E-state index >= 15 is 0 Å². The number of amides is 1. The van der Waals surface area contributed by atoms with E-state index in [2.05, 4.69) is 15.8 Å². The first-order valence-electron chi connectivity index (χ1n) is 7.23. The second-order valence-corrected chi connectivity index (χ2v) is 5.47. The predicted molar refractivity (Wildman–Crippen MR) is 86.6 cm³/mol. The molecule has 0 aliphatic carbocycles. The first-order chi connectivity index (χ1) is 10.2. The zero-order chi connectivity index (χ0) is 14.7. The zero-order valence-corrected chi connectivity index (χ0v) is 13.2. The van der Waals surface area contributed by atoms with Gasteiger partial charge in [0, 0.05) is 17.5 Å². The molecule has 1 aliphatic heterocycles. The minimum absolute atomic E-state index is 0. The molecule has 1 aromatic carbocycles. The highest BCUT2D eigenvalue weighted by molar-refractivity contribution is 5.85. The first-order valence-corrected chi connectivity index (χ1v) is 7.23. The number of aromatic nitrogens is 1. The molecule has 0 radical (unpaired) electrons. The van der Waals surface area contributed by atoms with Crippen molar-refractivity contribution in [2.45, 2.75) is 13.5 Å². The molecule has 1 aliphatic rings. The van der Waals surface area contributed by atoms with E-state index in [-0.39, 0.29) is 24.2 Å². The summed E-state index contributed by atoms with van der Waals surface area (Å²) < 4.78 is 5.27. The third-order valence-corrected chi connectivity index (χ3v) is 4.00. The Bertz CT molecular complexity index is 611. The molecule has 5 nitrogen and oxygen atoms in total. The van der Waals surface area contributed by atoms with Crippen LogP contribution in [0.4, 0.5) is 0 Å². The Labute approximate surface area is 135 Å². The summed E-state index contributed by atoms with van der Waals surface area (Å²) in [5.41, 5.74) is 1.80. The molecule has 2 N–H and O–H groups in total. The summed E-state index contributed by atoms with van der Waals surface area (Å²) in [5, 5.41) is 10.1. The number of rotatable bonds is 5. The Morgan fingerprint density at radius 3 is 2.77 bits per heavy atom. The minimum atomic E-state index is 0. The lowest BCUT2D eigenvalue weighted by Gasteiger charge is -2.31. The van der Waals surface area contributed by atoms with E-state index in [0.29, 0.717) is 18.2 Å². The van der Waals surface area contributed by atoms with Gasteiger partial charge in [-0.25, -0.2) is 0 Å². The summed E-state index contributed by atoms with van der Waals surface area (Å²) >= 11 is 0. The van der Waals surface area contributed by atoms with E-state index in [1.165, 1.54) is 0 Å². The van der Waals surface area contributed by atoms with E-state index < -0.39 is 0 Å². The van der Waals surface area contributed by atoms with Gasteiger partial charge in [0.25, 0.3) is 0 Å². The highest BCUT2D eigenvalue weighted by atomic mass is 35.5. The van der Waals surface area contributed by atoms with Gasteiger partial charge >= 0.3 is 0 Å². The zero-order valence-electron chi connectivity index (χ0n) is 12.4. The standard InChI is InChI=1S/C16H19N3O2.ClH/c1-11(13-8-17-9-13)16(20)18-10-14-7-15(19-21-14)12-5-3-2-4-6-12;/h2-7,11,13,17H,8-10H2,1H3,(H,18,20);1H. The van der Waals surface area contributed by atoms with Gasteiger partial charge in [-0.05, 0) is 19.0 Å². The van der Waals surface area contributed by atoms with Crippen LogP contribution in [0.25, 0.3) is 11.3 Å². The van der Waals surface area contributed by atoms with Crippen molar-refractivity contribution in [2.24, 2.45) is 11.8 Å². The van der Waals surface area contributed by atoms with Crippen LogP contribution in [0, 0.1) is 11.8 Å². The Balaban J connectivity index is 0.00000176. The molecule has 1 atom stereocenters. The fraction of sp³-hybridized carbons (Fsp3) is 0.375. The molecule has 2 aromatic rings. The molecule has 1 aromatic heterocycles. The monoisotopic (exact) mass is 321 g/mol. The van der Waals surface area contributed by atoms with Crippen molar-refractivity contribution in [1.82, 2.24) is 15.8 Å². The molecule has 6 heteroatoms. The molecular formula is C16H20ClN3O2. The van der Waals surface area contributed by atoms with Gasteiger partial charge < -0.3 is 15.2 Å². The average Bonchev–Trinajstić information content (AvgIpc) is 2.92. The summed E-state index contributed by atoms with van der Waals surface area (Å²) in [6, 6.07) is 11.7. The second-order valence-electron chi connectivity index (χ2n) is 5.47. The molecule has 1 fully saturated rings. The van der Waals surface area contributed by atoms with Crippen LogP contribution in [0.1, 0.15) is 12.7 Å². The van der Waals surface area contributed by atoms with Gasteiger partial charge in [-0.15, -0.1) is 12.4 Å². The van der Waals surface area contributed by atoms with Crippen LogP contribution >= 0.6 is 12.4 Å². The van der Waals surface area contributed by atoms with Crippen molar-refractivity contribution in [3.05, 3.63) is 42.2 Å². The molecule has 1 unspecified atom stereocenters. The SMILES string of the molecule is CC(C(=O)NCc1cc(-c2ccccc2)no1)C1CNC1.Cl. The van der Waals surface area contributed by atoms with Gasteiger partial charge in [0.2, 0.25) is 5.91 Å². The predicted octanol–water partition coefficient (Wildman–Crippen LogP) is 2.24. The van der Waals surface area contributed by atoms with Crippen molar-refractivity contribution in [1.29, 1.82) is 0 Å². The van der Waals surface area contributed by atoms with Crippen LogP contribution in [0.2, 0.25) is 0 Å². The quantitative estimate of drug-likeness (QED) is 0.886. The van der Waals surface area contributed by atoms with E-state index in [1.54, 1.807) is 0 Å². The van der Waals surface area contributed by atoms with Gasteiger partial charge in [0.1, 0.15) is 5.69 Å². The summed E-state index contributed by atoms with van der Waals surface area (Å²) in [4.78, 5) is 12.0. The fourth-order valence-electron chi connectivity index (χ4n) is 2.36. The molecule has 118 valence electrons. The molecule has 0 bridgehead atoms. The fourth-order valence-corrected chi connectivity index (χ4v) is 2.36. The van der Waals surface area contributed by atoms with Crippen molar-refractivity contribution in [3.8, 4) is 11.3 Å². The summed E-state index contributed by atoms with van der Waals surface area (Å²) in [5.74, 6) is 1.21. The Kier molecular flexibility index (Phi) is 5.57. The van der Waals surface area contributed by atoms with Crippen LogP contribution in [0.3, 0.4) is 0 Å². The second kappa shape index (κ2) is 7.42. The highest BCUT2D eigenvalue weighted by Crippen LogP contribution is 2.19. The third kappa shape index (κ3) is 3.67. The van der Waals surface area contributed by atoms with E-state index in [1.807, 2.05) is 43.3 Å². The van der Waals surface area contributed by atoms with Gasteiger partial charge in [-0.3, -0.25) is 4.79 Å². The number of carbonyl (C=O) groups excluding carboxylic acids is 1. The molecule has 3 rings (SSSR count). The lowest BCUT2D eigenvalue weighted by Crippen LogP contribution is -2.49. The number of benzene rings is 1. The number of nitrogens with one attached hydrogen (secondary N) is 2. The molecular weight excluding hydrogens is 302 g/mol. The number of halogens is 1. The summed E-state index contributed by atoms with van der Waals surface area (Å²) in [6.45, 7) is 4.20. The topological polar surface area (TPSA) is 67.2 Å². The molecule has 1 saturated heterocycles. The van der Waals surface area contributed by atoms with Crippen molar-refractivity contribution >= 4 is 18.3 Å². The maximum absolute atomic E-state index is 12.0. The molecule has 0 saturated carbocycles. The highest BCUT2D eigenvalue weighted by Gasteiger charge is 2.28. The first kappa shape index (κ1) is 16.5. The lowest BCUT2D eigenvalue weighted by atomic mass is 9.88. The maximum atomic E-state index is 12.0. The number of carbonyl (C=O) groups is 1. The van der Waals surface area contributed by atoms with Crippen LogP contribution in [-0.4, -0.2) is 24.2 Å². The largest absolute Gasteiger partial charge is 0.359 e. The average molecular weight is 322 g/mol. The van der Waals surface area contributed by atoms with Crippen LogP contribution in [-0.2, 0) is 11.3 Å². The van der Waals surface area contributed by atoms with Crippen LogP contribution in [0.15, 0.2) is 40.9 Å². The molecule has 1 amide bonds. The van der Waals surface area contributed by atoms with Crippen molar-refractivity contribution < 1.29 is 9.32 Å². The van der Waals surface area contributed by atoms with Gasteiger partial charge in [-0.1, -0.05) is 42.4 Å². The normalized spacial score (nSPS) is 15.5. The van der Waals surface area contributed by atoms with E-state index in [0.717, 1.165) is 24.3 Å². The van der Waals surface area contributed by atoms with Crippen LogP contribution in [0.5, 0.6) is 0 Å². The van der Waals surface area contributed by atoms with Crippen LogP contribution < -0.4 is 10.6 Å². The van der Waals surface area contributed by atoms with Gasteiger partial charge in [0.15, 0.2) is 5.76 Å². The van der Waals surface area contributed by atoms with Crippen molar-refractivity contribution in [3.63, 3.8) is 0 Å². The summed E-state index contributed by atoms with van der Waals surface area (Å²) in [6.07, 6.45) is 0. The van der Waals surface area contributed by atoms with Gasteiger partial charge in [0.05, 0.1) is 6.54 Å². The number of hydrogen-bond acceptors (Lipinski definition) is 4. The Morgan fingerprint density at radius 2 is 2.14 bits per heavy atom. The van der Waals surface area contributed by atoms with E-state index in [9.17, 15) is 4.79 Å². The third-order valence-electron chi connectivity index (χ3n) is 4.00. The Morgan fingerprint density at radius 1 is 1.41 bits per heavy atom. The lowest BCUT2D eigenvalue weighted by molar-refractivity contribution is -0.126. The Hall–Kier alpha value is -1.85. The maximum Gasteiger partial charge on any atom is 0.223 e. The molecule has 0 spiro atoms. The number of nitrogens with zero attached hydrogens (tertiary/aromatic N) is 1. The number of hydrogen-bond donors (Lipinski definition) is 2. The smallest absolute Gasteiger partial charge is 0.223 e. The molecule has 2 heterocycles. The molecule has 22 heavy (non-hydrogen) atoms. The summed E-state index contributed by atoms with van der Waals surface area (Å²) in [7, 11) is 0. The van der Waals surface area contributed by atoms with Gasteiger partial charge in [-0.2, -0.15) is 0 Å². The van der Waals surface area contributed by atoms with Crippen molar-refractivity contribution in [2.75, 3.05) is 13.1 Å². The van der Waals surface area contributed by atoms with E-state index in [4.69, 9.17) is 4.52 Å².